The number of hydrogen-bond acceptors (Lipinski definition) is 2. The average molecular weight is 508 g/mol. The van der Waals surface area contributed by atoms with Gasteiger partial charge < -0.3 is 15.6 Å². The molecule has 3 nitrogen and oxygen atoms in total. The van der Waals surface area contributed by atoms with Gasteiger partial charge in [0.1, 0.15) is 0 Å². The van der Waals surface area contributed by atoms with E-state index in [0.717, 1.165) is 31.7 Å². The van der Waals surface area contributed by atoms with Gasteiger partial charge in [-0.2, -0.15) is 0 Å². The molecule has 2 aliphatic rings. The van der Waals surface area contributed by atoms with Crippen LogP contribution >= 0.6 is 12.4 Å². The summed E-state index contributed by atoms with van der Waals surface area (Å²) in [4.78, 5) is 0. The molecule has 0 radical (unpaired) electrons. The van der Waals surface area contributed by atoms with E-state index in [0.29, 0.717) is 18.0 Å². The van der Waals surface area contributed by atoms with Gasteiger partial charge in [0.15, 0.2) is 0 Å². The van der Waals surface area contributed by atoms with Gasteiger partial charge >= 0.3 is 0 Å². The Kier molecular flexibility index (Phi) is 9.93. The third kappa shape index (κ3) is 6.73. The number of rotatable bonds is 8. The standard InChI is InChI=1S/C32H45N3.ClH/c1-24-9-8-12-26(21-24)29(19-20-34-28-17-15-27(33)16-18-28)31-23-35(32-14-7-6-13-30(31)32)22-25-10-4-2-3-5-11-25;/h6-9,12-14,21,23,25,27-29,34H,2-5,10-11,15-20,22,33H2,1H3;1H. The second-order valence-corrected chi connectivity index (χ2v) is 11.4. The Balaban J connectivity index is 0.00000304. The summed E-state index contributed by atoms with van der Waals surface area (Å²) in [7, 11) is 0. The molecule has 3 N–H and O–H groups in total. The van der Waals surface area contributed by atoms with Crippen molar-refractivity contribution < 1.29 is 0 Å². The van der Waals surface area contributed by atoms with Crippen molar-refractivity contribution in [1.82, 2.24) is 9.88 Å². The summed E-state index contributed by atoms with van der Waals surface area (Å²) in [5.74, 6) is 1.23. The van der Waals surface area contributed by atoms with Crippen molar-refractivity contribution in [2.45, 2.75) is 102 Å². The van der Waals surface area contributed by atoms with E-state index in [1.54, 1.807) is 0 Å². The largest absolute Gasteiger partial charge is 0.347 e. The molecule has 3 aromatic rings. The van der Waals surface area contributed by atoms with Gasteiger partial charge in [0, 0.05) is 41.6 Å². The van der Waals surface area contributed by atoms with E-state index in [9.17, 15) is 0 Å². The zero-order valence-electron chi connectivity index (χ0n) is 22.1. The molecule has 5 rings (SSSR count). The number of hydrogen-bond donors (Lipinski definition) is 2. The SMILES string of the molecule is Cc1cccc(C(CCNC2CCC(N)CC2)c2cn(CC3CCCCCC3)c3ccccc23)c1.Cl. The molecule has 0 aliphatic heterocycles. The topological polar surface area (TPSA) is 43.0 Å². The lowest BCUT2D eigenvalue weighted by Gasteiger charge is -2.28. The normalized spacial score (nSPS) is 22.2. The van der Waals surface area contributed by atoms with Crippen molar-refractivity contribution in [1.29, 1.82) is 0 Å². The summed E-state index contributed by atoms with van der Waals surface area (Å²) in [6, 6.07) is 19.4. The highest BCUT2D eigenvalue weighted by Crippen LogP contribution is 2.36. The number of aromatic nitrogens is 1. The lowest BCUT2D eigenvalue weighted by molar-refractivity contribution is 0.340. The fourth-order valence-electron chi connectivity index (χ4n) is 6.67. The van der Waals surface area contributed by atoms with Crippen LogP contribution in [-0.4, -0.2) is 23.2 Å². The second kappa shape index (κ2) is 13.1. The first-order chi connectivity index (χ1) is 17.2. The van der Waals surface area contributed by atoms with Crippen LogP contribution in [0, 0.1) is 12.8 Å². The lowest BCUT2D eigenvalue weighted by Crippen LogP contribution is -2.38. The van der Waals surface area contributed by atoms with Crippen LogP contribution in [0.2, 0.25) is 0 Å². The van der Waals surface area contributed by atoms with Gasteiger partial charge in [-0.3, -0.25) is 0 Å². The van der Waals surface area contributed by atoms with Crippen LogP contribution < -0.4 is 11.1 Å². The van der Waals surface area contributed by atoms with Crippen molar-refractivity contribution in [3.8, 4) is 0 Å². The van der Waals surface area contributed by atoms with E-state index < -0.39 is 0 Å². The second-order valence-electron chi connectivity index (χ2n) is 11.4. The van der Waals surface area contributed by atoms with Gasteiger partial charge in [-0.15, -0.1) is 12.4 Å². The molecule has 2 fully saturated rings. The Labute approximate surface area is 224 Å². The third-order valence-electron chi connectivity index (χ3n) is 8.71. The quantitative estimate of drug-likeness (QED) is 0.306. The Morgan fingerprint density at radius 3 is 2.42 bits per heavy atom. The number of nitrogens with one attached hydrogen (secondary N) is 1. The number of nitrogens with zero attached hydrogens (tertiary/aromatic N) is 1. The zero-order chi connectivity index (χ0) is 24.0. The molecule has 196 valence electrons. The smallest absolute Gasteiger partial charge is 0.0483 e. The average Bonchev–Trinajstić information content (AvgIpc) is 3.03. The molecule has 1 atom stereocenters. The van der Waals surface area contributed by atoms with Crippen LogP contribution in [0.4, 0.5) is 0 Å². The van der Waals surface area contributed by atoms with Crippen LogP contribution in [0.3, 0.4) is 0 Å². The Morgan fingerprint density at radius 1 is 0.917 bits per heavy atom. The fraction of sp³-hybridized carbons (Fsp3) is 0.562. The predicted octanol–water partition coefficient (Wildman–Crippen LogP) is 7.72. The van der Waals surface area contributed by atoms with E-state index in [2.05, 4.69) is 71.5 Å². The molecule has 0 spiro atoms. The van der Waals surface area contributed by atoms with E-state index in [-0.39, 0.29) is 12.4 Å². The van der Waals surface area contributed by atoms with E-state index >= 15 is 0 Å². The number of benzene rings is 2. The van der Waals surface area contributed by atoms with Gasteiger partial charge in [-0.05, 0) is 81.5 Å². The maximum Gasteiger partial charge on any atom is 0.0483 e. The summed E-state index contributed by atoms with van der Waals surface area (Å²) in [5, 5.41) is 5.33. The molecule has 36 heavy (non-hydrogen) atoms. The number of aryl methyl sites for hydroxylation is 1. The highest BCUT2D eigenvalue weighted by molar-refractivity contribution is 5.85. The molecule has 2 aromatic carbocycles. The molecular weight excluding hydrogens is 462 g/mol. The summed E-state index contributed by atoms with van der Waals surface area (Å²) >= 11 is 0. The first-order valence-corrected chi connectivity index (χ1v) is 14.3. The number of fused-ring (bicyclic) bond motifs is 1. The molecular formula is C32H46ClN3. The third-order valence-corrected chi connectivity index (χ3v) is 8.71. The molecule has 1 heterocycles. The van der Waals surface area contributed by atoms with E-state index in [4.69, 9.17) is 5.73 Å². The summed E-state index contributed by atoms with van der Waals surface area (Å²) < 4.78 is 2.60. The fourth-order valence-corrected chi connectivity index (χ4v) is 6.67. The molecule has 1 unspecified atom stereocenters. The highest BCUT2D eigenvalue weighted by atomic mass is 35.5. The van der Waals surface area contributed by atoms with Crippen molar-refractivity contribution in [3.05, 3.63) is 71.4 Å². The minimum Gasteiger partial charge on any atom is -0.347 e. The van der Waals surface area contributed by atoms with Crippen LogP contribution in [0.15, 0.2) is 54.7 Å². The van der Waals surface area contributed by atoms with Crippen LogP contribution in [-0.2, 0) is 6.54 Å². The summed E-state index contributed by atoms with van der Waals surface area (Å²) in [6.07, 6.45) is 16.8. The predicted molar refractivity (Wildman–Crippen MR) is 156 cm³/mol. The maximum absolute atomic E-state index is 6.14. The number of nitrogens with two attached hydrogens (primary N) is 1. The Bertz CT molecular complexity index is 1070. The minimum atomic E-state index is 0. The van der Waals surface area contributed by atoms with Crippen molar-refractivity contribution in [2.75, 3.05) is 6.54 Å². The first-order valence-electron chi connectivity index (χ1n) is 14.3. The molecule has 2 aliphatic carbocycles. The minimum absolute atomic E-state index is 0. The molecule has 4 heteroatoms. The Hall–Kier alpha value is -1.81. The van der Waals surface area contributed by atoms with Gasteiger partial charge in [-0.1, -0.05) is 73.7 Å². The molecule has 1 aromatic heterocycles. The highest BCUT2D eigenvalue weighted by Gasteiger charge is 2.23. The monoisotopic (exact) mass is 507 g/mol. The van der Waals surface area contributed by atoms with E-state index in [1.165, 1.54) is 85.5 Å². The number of para-hydroxylation sites is 1. The number of halogens is 1. The van der Waals surface area contributed by atoms with Crippen molar-refractivity contribution in [2.24, 2.45) is 11.7 Å². The summed E-state index contributed by atoms with van der Waals surface area (Å²) in [6.45, 7) is 4.45. The van der Waals surface area contributed by atoms with E-state index in [1.807, 2.05) is 0 Å². The molecule has 0 amide bonds. The maximum atomic E-state index is 6.14. The van der Waals surface area contributed by atoms with Crippen LogP contribution in [0.1, 0.15) is 93.2 Å². The lowest BCUT2D eigenvalue weighted by atomic mass is 9.87. The summed E-state index contributed by atoms with van der Waals surface area (Å²) in [5.41, 5.74) is 11.9. The van der Waals surface area contributed by atoms with Gasteiger partial charge in [0.05, 0.1) is 0 Å². The van der Waals surface area contributed by atoms with Gasteiger partial charge in [-0.25, -0.2) is 0 Å². The van der Waals surface area contributed by atoms with Gasteiger partial charge in [0.25, 0.3) is 0 Å². The van der Waals surface area contributed by atoms with Crippen molar-refractivity contribution in [3.63, 3.8) is 0 Å². The zero-order valence-corrected chi connectivity index (χ0v) is 22.9. The molecule has 0 saturated heterocycles. The van der Waals surface area contributed by atoms with Crippen molar-refractivity contribution >= 4 is 23.3 Å². The van der Waals surface area contributed by atoms with Crippen LogP contribution in [0.25, 0.3) is 10.9 Å². The molecule has 2 saturated carbocycles. The first kappa shape index (κ1) is 27.2. The van der Waals surface area contributed by atoms with Gasteiger partial charge in [0.2, 0.25) is 0 Å². The van der Waals surface area contributed by atoms with Crippen LogP contribution in [0.5, 0.6) is 0 Å². The Morgan fingerprint density at radius 2 is 1.67 bits per heavy atom. The molecule has 0 bridgehead atoms.